The van der Waals surface area contributed by atoms with Crippen molar-refractivity contribution in [1.82, 2.24) is 24.9 Å². The van der Waals surface area contributed by atoms with E-state index in [1.807, 2.05) is 50.6 Å². The molecular formula is C24H30ClN5O3S. The van der Waals surface area contributed by atoms with Gasteiger partial charge in [-0.2, -0.15) is 5.10 Å². The maximum atomic E-state index is 6.43. The average Bonchev–Trinajstić information content (AvgIpc) is 3.40. The predicted molar refractivity (Wildman–Crippen MR) is 132 cm³/mol. The number of nitrogens with zero attached hydrogens (tertiary/aromatic N) is 5. The van der Waals surface area contributed by atoms with Crippen LogP contribution in [0.1, 0.15) is 44.6 Å². The summed E-state index contributed by atoms with van der Waals surface area (Å²) < 4.78 is 19.4. The molecule has 3 aromatic rings. The number of ether oxygens (including phenoxy) is 3. The second-order valence-electron chi connectivity index (χ2n) is 9.52. The maximum absolute atomic E-state index is 6.43. The minimum Gasteiger partial charge on any atom is -0.489 e. The molecule has 0 saturated carbocycles. The Bertz CT molecular complexity index is 1180. The molecule has 8 nitrogen and oxygen atoms in total. The van der Waals surface area contributed by atoms with Gasteiger partial charge in [-0.25, -0.2) is 4.68 Å². The van der Waals surface area contributed by atoms with Crippen LogP contribution < -0.4 is 4.74 Å². The minimum atomic E-state index is -0.500. The number of rotatable bonds is 5. The summed E-state index contributed by atoms with van der Waals surface area (Å²) in [4.78, 5) is 2.44. The summed E-state index contributed by atoms with van der Waals surface area (Å²) in [5, 5.41) is 15.8. The monoisotopic (exact) mass is 503 g/mol. The van der Waals surface area contributed by atoms with Crippen LogP contribution in [0.3, 0.4) is 0 Å². The van der Waals surface area contributed by atoms with Gasteiger partial charge in [-0.05, 0) is 52.8 Å². The van der Waals surface area contributed by atoms with E-state index in [0.717, 1.165) is 46.6 Å². The van der Waals surface area contributed by atoms with Gasteiger partial charge < -0.3 is 14.2 Å². The zero-order valence-corrected chi connectivity index (χ0v) is 21.7. The minimum absolute atomic E-state index is 0.0613. The van der Waals surface area contributed by atoms with Gasteiger partial charge in [0.25, 0.3) is 0 Å². The van der Waals surface area contributed by atoms with E-state index >= 15 is 0 Å². The lowest BCUT2D eigenvalue weighted by Gasteiger charge is -2.41. The molecule has 0 unspecified atom stereocenters. The Labute approximate surface area is 208 Å². The predicted octanol–water partition coefficient (Wildman–Crippen LogP) is 4.65. The van der Waals surface area contributed by atoms with Crippen molar-refractivity contribution in [3.8, 4) is 21.5 Å². The van der Waals surface area contributed by atoms with E-state index < -0.39 is 5.79 Å². The lowest BCUT2D eigenvalue weighted by molar-refractivity contribution is -0.264. The lowest BCUT2D eigenvalue weighted by Crippen LogP contribution is -2.51. The van der Waals surface area contributed by atoms with Crippen LogP contribution in [0.4, 0.5) is 0 Å². The van der Waals surface area contributed by atoms with E-state index in [-0.39, 0.29) is 12.1 Å². The van der Waals surface area contributed by atoms with Gasteiger partial charge in [-0.3, -0.25) is 4.90 Å². The summed E-state index contributed by atoms with van der Waals surface area (Å²) >= 11 is 7.92. The van der Waals surface area contributed by atoms with Crippen molar-refractivity contribution >= 4 is 22.9 Å². The summed E-state index contributed by atoms with van der Waals surface area (Å²) in [6.45, 7) is 13.1. The van der Waals surface area contributed by atoms with Crippen molar-refractivity contribution < 1.29 is 14.2 Å². The summed E-state index contributed by atoms with van der Waals surface area (Å²) in [6.07, 6.45) is 0.952. The number of benzene rings is 1. The third-order valence-corrected chi connectivity index (χ3v) is 7.46. The van der Waals surface area contributed by atoms with Crippen LogP contribution in [0.25, 0.3) is 15.7 Å². The molecule has 1 fully saturated rings. The van der Waals surface area contributed by atoms with E-state index in [9.17, 15) is 0 Å². The highest BCUT2D eigenvalue weighted by molar-refractivity contribution is 7.17. The largest absolute Gasteiger partial charge is 0.489 e. The molecule has 1 aromatic carbocycles. The van der Waals surface area contributed by atoms with Crippen LogP contribution in [0.2, 0.25) is 5.02 Å². The second-order valence-corrected chi connectivity index (χ2v) is 10.9. The van der Waals surface area contributed by atoms with Crippen molar-refractivity contribution in [2.75, 3.05) is 19.8 Å². The molecule has 0 aliphatic carbocycles. The number of halogens is 1. The zero-order chi connectivity index (χ0) is 24.0. The van der Waals surface area contributed by atoms with Gasteiger partial charge in [-0.15, -0.1) is 10.2 Å². The quantitative estimate of drug-likeness (QED) is 0.501. The molecule has 2 aromatic heterocycles. The summed E-state index contributed by atoms with van der Waals surface area (Å²) in [6, 6.07) is 5.97. The summed E-state index contributed by atoms with van der Waals surface area (Å²) in [5.74, 6) is 0.169. The van der Waals surface area contributed by atoms with Gasteiger partial charge >= 0.3 is 0 Å². The molecule has 5 rings (SSSR count). The van der Waals surface area contributed by atoms with E-state index in [4.69, 9.17) is 30.9 Å². The highest BCUT2D eigenvalue weighted by Crippen LogP contribution is 2.34. The standard InChI is InChI=1S/C24H30ClN5O3S/c1-14(2)33-21-7-6-16(10-19(21)25)22-26-27-23(34-22)30-15(3)18-11-29(9-8-20(18)28-30)17-12-31-24(4,5)32-13-17/h6-7,10,14,17H,8-9,11-13H2,1-5H3. The molecule has 10 heteroatoms. The van der Waals surface area contributed by atoms with Crippen molar-refractivity contribution in [3.05, 3.63) is 40.2 Å². The number of aromatic nitrogens is 4. The van der Waals surface area contributed by atoms with E-state index in [0.29, 0.717) is 24.0 Å². The Kier molecular flexibility index (Phi) is 6.41. The molecule has 1 saturated heterocycles. The van der Waals surface area contributed by atoms with E-state index in [1.54, 1.807) is 0 Å². The topological polar surface area (TPSA) is 74.5 Å². The van der Waals surface area contributed by atoms with Gasteiger partial charge in [0.15, 0.2) is 5.79 Å². The Morgan fingerprint density at radius 2 is 1.97 bits per heavy atom. The highest BCUT2D eigenvalue weighted by Gasteiger charge is 2.34. The Morgan fingerprint density at radius 1 is 1.21 bits per heavy atom. The molecule has 182 valence electrons. The van der Waals surface area contributed by atoms with Crippen LogP contribution in [0.5, 0.6) is 5.75 Å². The molecule has 0 spiro atoms. The van der Waals surface area contributed by atoms with Crippen LogP contribution in [0, 0.1) is 6.92 Å². The third-order valence-electron chi connectivity index (χ3n) is 6.22. The van der Waals surface area contributed by atoms with Gasteiger partial charge in [0.05, 0.1) is 36.1 Å². The zero-order valence-electron chi connectivity index (χ0n) is 20.2. The Hall–Kier alpha value is -2.04. The van der Waals surface area contributed by atoms with Crippen LogP contribution in [-0.2, 0) is 22.4 Å². The first-order valence-electron chi connectivity index (χ1n) is 11.6. The molecule has 0 N–H and O–H groups in total. The number of hydrogen-bond donors (Lipinski definition) is 0. The average molecular weight is 504 g/mol. The molecule has 0 radical (unpaired) electrons. The first-order chi connectivity index (χ1) is 16.2. The van der Waals surface area contributed by atoms with Crippen molar-refractivity contribution in [2.45, 2.75) is 65.5 Å². The van der Waals surface area contributed by atoms with Crippen LogP contribution >= 0.6 is 22.9 Å². The summed E-state index contributed by atoms with van der Waals surface area (Å²) in [5.41, 5.74) is 4.39. The first kappa shape index (κ1) is 23.7. The lowest BCUT2D eigenvalue weighted by atomic mass is 10.0. The Balaban J connectivity index is 1.34. The van der Waals surface area contributed by atoms with Gasteiger partial charge in [0.1, 0.15) is 10.8 Å². The third kappa shape index (κ3) is 4.72. The number of fused-ring (bicyclic) bond motifs is 1. The fraction of sp³-hybridized carbons (Fsp3) is 0.542. The molecule has 4 heterocycles. The van der Waals surface area contributed by atoms with Gasteiger partial charge in [-0.1, -0.05) is 22.9 Å². The van der Waals surface area contributed by atoms with E-state index in [1.165, 1.54) is 16.9 Å². The van der Waals surface area contributed by atoms with Crippen molar-refractivity contribution in [3.63, 3.8) is 0 Å². The second kappa shape index (κ2) is 9.20. The first-order valence-corrected chi connectivity index (χ1v) is 12.8. The SMILES string of the molecule is Cc1c2c(nn1-c1nnc(-c3ccc(OC(C)C)c(Cl)c3)s1)CCN(C1COC(C)(C)OC1)C2. The fourth-order valence-corrected chi connectivity index (χ4v) is 5.39. The summed E-state index contributed by atoms with van der Waals surface area (Å²) in [7, 11) is 0. The molecule has 0 atom stereocenters. The van der Waals surface area contributed by atoms with Gasteiger partial charge in [0, 0.05) is 36.3 Å². The fourth-order valence-electron chi connectivity index (χ4n) is 4.32. The Morgan fingerprint density at radius 3 is 2.68 bits per heavy atom. The molecule has 0 bridgehead atoms. The molecule has 2 aliphatic rings. The van der Waals surface area contributed by atoms with E-state index in [2.05, 4.69) is 22.0 Å². The van der Waals surface area contributed by atoms with Gasteiger partial charge in [0.2, 0.25) is 5.13 Å². The van der Waals surface area contributed by atoms with Crippen LogP contribution in [-0.4, -0.2) is 62.6 Å². The molecule has 2 aliphatic heterocycles. The molecule has 0 amide bonds. The van der Waals surface area contributed by atoms with Crippen molar-refractivity contribution in [1.29, 1.82) is 0 Å². The smallest absolute Gasteiger partial charge is 0.233 e. The van der Waals surface area contributed by atoms with Crippen LogP contribution in [0.15, 0.2) is 18.2 Å². The normalized spacial score (nSPS) is 18.9. The maximum Gasteiger partial charge on any atom is 0.233 e. The highest BCUT2D eigenvalue weighted by atomic mass is 35.5. The number of hydrogen-bond acceptors (Lipinski definition) is 8. The molecule has 34 heavy (non-hydrogen) atoms. The molecular weight excluding hydrogens is 474 g/mol. The van der Waals surface area contributed by atoms with Crippen molar-refractivity contribution in [2.24, 2.45) is 0 Å².